The van der Waals surface area contributed by atoms with Gasteiger partial charge in [-0.25, -0.2) is 17.5 Å². The van der Waals surface area contributed by atoms with Gasteiger partial charge in [0.25, 0.3) is 5.91 Å². The van der Waals surface area contributed by atoms with Crippen LogP contribution in [-0.2, 0) is 24.3 Å². The lowest BCUT2D eigenvalue weighted by molar-refractivity contribution is -0.150. The van der Waals surface area contributed by atoms with Crippen molar-refractivity contribution in [2.75, 3.05) is 39.0 Å². The van der Waals surface area contributed by atoms with E-state index in [1.807, 2.05) is 0 Å². The predicted octanol–water partition coefficient (Wildman–Crippen LogP) is 1.03. The summed E-state index contributed by atoms with van der Waals surface area (Å²) in [5.74, 6) is -0.752. The number of rotatable bonds is 6. The van der Waals surface area contributed by atoms with Gasteiger partial charge in [-0.2, -0.15) is 0 Å². The summed E-state index contributed by atoms with van der Waals surface area (Å²) in [6.45, 7) is 6.94. The highest BCUT2D eigenvalue weighted by molar-refractivity contribution is 7.88. The Kier molecular flexibility index (Phi) is 6.70. The van der Waals surface area contributed by atoms with E-state index >= 15 is 0 Å². The van der Waals surface area contributed by atoms with Gasteiger partial charge in [0.05, 0.1) is 11.8 Å². The molecule has 1 atom stereocenters. The van der Waals surface area contributed by atoms with Crippen LogP contribution in [0, 0.1) is 0 Å². The molecule has 9 heteroatoms. The molecule has 2 fully saturated rings. The molecule has 8 nitrogen and oxygen atoms in total. The molecule has 164 valence electrons. The normalized spacial score (nSPS) is 26.0. The van der Waals surface area contributed by atoms with E-state index in [1.165, 1.54) is 29.8 Å². The number of sulfonamides is 1. The average molecular weight is 428 g/mol. The molecule has 0 unspecified atom stereocenters. The smallest absolute Gasteiger partial charge is 0.335 e. The number of amides is 1. The summed E-state index contributed by atoms with van der Waals surface area (Å²) in [5.41, 5.74) is -0.296. The molecular weight excluding hydrogens is 394 g/mol. The second kappa shape index (κ2) is 8.73. The third-order valence-corrected chi connectivity index (χ3v) is 7.80. The van der Waals surface area contributed by atoms with Crippen molar-refractivity contribution >= 4 is 21.9 Å². The first-order chi connectivity index (χ1) is 13.6. The van der Waals surface area contributed by atoms with Crippen LogP contribution < -0.4 is 5.32 Å². The van der Waals surface area contributed by atoms with E-state index in [1.54, 1.807) is 6.92 Å². The number of likely N-dealkylation sites (tertiary alicyclic amines) is 1. The number of piperidine rings is 2. The van der Waals surface area contributed by atoms with Crippen molar-refractivity contribution in [3.8, 4) is 0 Å². The Morgan fingerprint density at radius 1 is 1.24 bits per heavy atom. The molecule has 3 heterocycles. The third-order valence-electron chi connectivity index (χ3n) is 6.50. The zero-order chi connectivity index (χ0) is 21.2. The molecule has 0 radical (unpaired) electrons. The number of ether oxygens (including phenoxy) is 1. The van der Waals surface area contributed by atoms with Gasteiger partial charge in [0.2, 0.25) is 10.0 Å². The van der Waals surface area contributed by atoms with Gasteiger partial charge in [0.15, 0.2) is 0 Å². The highest BCUT2D eigenvalue weighted by atomic mass is 32.2. The molecule has 3 rings (SSSR count). The molecule has 1 spiro atoms. The molecule has 0 bridgehead atoms. The fourth-order valence-corrected chi connectivity index (χ4v) is 5.57. The van der Waals surface area contributed by atoms with E-state index in [-0.39, 0.29) is 19.0 Å². The SMILES string of the molecule is CC1=C(C(=O)NCCCN2CCCC[C@@H]2C)C2(CCN(S(C)(=O)=O)CC2)OC1=O. The lowest BCUT2D eigenvalue weighted by Gasteiger charge is -2.38. The van der Waals surface area contributed by atoms with Crippen LogP contribution in [0.3, 0.4) is 0 Å². The van der Waals surface area contributed by atoms with Gasteiger partial charge >= 0.3 is 5.97 Å². The van der Waals surface area contributed by atoms with Gasteiger partial charge < -0.3 is 15.0 Å². The van der Waals surface area contributed by atoms with E-state index in [9.17, 15) is 18.0 Å². The zero-order valence-corrected chi connectivity index (χ0v) is 18.5. The molecule has 3 aliphatic heterocycles. The molecule has 1 N–H and O–H groups in total. The van der Waals surface area contributed by atoms with Gasteiger partial charge in [-0.3, -0.25) is 4.79 Å². The van der Waals surface area contributed by atoms with Gasteiger partial charge in [-0.1, -0.05) is 6.42 Å². The van der Waals surface area contributed by atoms with Crippen molar-refractivity contribution < 1.29 is 22.7 Å². The monoisotopic (exact) mass is 427 g/mol. The van der Waals surface area contributed by atoms with Crippen molar-refractivity contribution in [3.63, 3.8) is 0 Å². The Labute approximate surface area is 173 Å². The van der Waals surface area contributed by atoms with Crippen molar-refractivity contribution in [2.24, 2.45) is 0 Å². The fourth-order valence-electron chi connectivity index (χ4n) is 4.72. The van der Waals surface area contributed by atoms with E-state index in [4.69, 9.17) is 4.74 Å². The maximum absolute atomic E-state index is 12.9. The maximum atomic E-state index is 12.9. The number of hydrogen-bond donors (Lipinski definition) is 1. The van der Waals surface area contributed by atoms with Crippen molar-refractivity contribution in [1.29, 1.82) is 0 Å². The zero-order valence-electron chi connectivity index (χ0n) is 17.7. The Morgan fingerprint density at radius 3 is 2.55 bits per heavy atom. The first-order valence-electron chi connectivity index (χ1n) is 10.6. The number of nitrogens with zero attached hydrogens (tertiary/aromatic N) is 2. The van der Waals surface area contributed by atoms with Gasteiger partial charge in [-0.15, -0.1) is 0 Å². The van der Waals surface area contributed by atoms with Crippen LogP contribution in [0.1, 0.15) is 52.4 Å². The Balaban J connectivity index is 1.58. The summed E-state index contributed by atoms with van der Waals surface area (Å²) in [5, 5.41) is 2.96. The fraction of sp³-hybridized carbons (Fsp3) is 0.800. The first-order valence-corrected chi connectivity index (χ1v) is 12.4. The highest BCUT2D eigenvalue weighted by Gasteiger charge is 2.51. The van der Waals surface area contributed by atoms with Crippen molar-refractivity contribution in [1.82, 2.24) is 14.5 Å². The maximum Gasteiger partial charge on any atom is 0.335 e. The molecule has 1 amide bonds. The van der Waals surface area contributed by atoms with Crippen LogP contribution >= 0.6 is 0 Å². The Hall–Kier alpha value is -1.45. The van der Waals surface area contributed by atoms with Crippen LogP contribution in [0.15, 0.2) is 11.1 Å². The highest BCUT2D eigenvalue weighted by Crippen LogP contribution is 2.41. The topological polar surface area (TPSA) is 96.0 Å². The molecule has 0 aliphatic carbocycles. The molecular formula is C20H33N3O5S. The summed E-state index contributed by atoms with van der Waals surface area (Å²) < 4.78 is 30.5. The standard InChI is InChI=1S/C20H33N3O5S/c1-15-7-4-5-11-22(15)12-6-10-21-18(24)17-16(2)19(25)28-20(17)8-13-23(14-9-20)29(3,26)27/h15H,4-14H2,1-3H3,(H,21,24)/t15-/m0/s1. The number of esters is 1. The van der Waals surface area contributed by atoms with Gasteiger partial charge in [0.1, 0.15) is 5.60 Å². The summed E-state index contributed by atoms with van der Waals surface area (Å²) in [6.07, 6.45) is 6.37. The average Bonchev–Trinajstić information content (AvgIpc) is 2.89. The van der Waals surface area contributed by atoms with Gasteiger partial charge in [0, 0.05) is 50.6 Å². The van der Waals surface area contributed by atoms with Crippen LogP contribution in [0.25, 0.3) is 0 Å². The molecule has 0 aromatic heterocycles. The number of nitrogens with one attached hydrogen (secondary N) is 1. The van der Waals surface area contributed by atoms with Crippen LogP contribution in [0.5, 0.6) is 0 Å². The number of carbonyl (C=O) groups excluding carboxylic acids is 2. The molecule has 0 saturated carbocycles. The molecule has 3 aliphatic rings. The van der Waals surface area contributed by atoms with Crippen LogP contribution in [0.4, 0.5) is 0 Å². The molecule has 2 saturated heterocycles. The number of hydrogen-bond acceptors (Lipinski definition) is 6. The lowest BCUT2D eigenvalue weighted by atomic mass is 9.83. The second-order valence-electron chi connectivity index (χ2n) is 8.54. The largest absolute Gasteiger partial charge is 0.450 e. The van der Waals surface area contributed by atoms with Gasteiger partial charge in [-0.05, 0) is 39.7 Å². The van der Waals surface area contributed by atoms with Crippen molar-refractivity contribution in [2.45, 2.75) is 64.0 Å². The van der Waals surface area contributed by atoms with Crippen LogP contribution in [0.2, 0.25) is 0 Å². The van der Waals surface area contributed by atoms with Crippen LogP contribution in [-0.4, -0.2) is 80.1 Å². The molecule has 29 heavy (non-hydrogen) atoms. The third kappa shape index (κ3) is 4.83. The minimum atomic E-state index is -3.30. The summed E-state index contributed by atoms with van der Waals surface area (Å²) >= 11 is 0. The minimum Gasteiger partial charge on any atom is -0.450 e. The Morgan fingerprint density at radius 2 is 1.93 bits per heavy atom. The summed E-state index contributed by atoms with van der Waals surface area (Å²) in [7, 11) is -3.30. The molecule has 0 aromatic rings. The van der Waals surface area contributed by atoms with Crippen molar-refractivity contribution in [3.05, 3.63) is 11.1 Å². The number of carbonyl (C=O) groups is 2. The van der Waals surface area contributed by atoms with E-state index in [2.05, 4.69) is 17.1 Å². The summed E-state index contributed by atoms with van der Waals surface area (Å²) in [6, 6.07) is 0.591. The minimum absolute atomic E-state index is 0.239. The summed E-state index contributed by atoms with van der Waals surface area (Å²) in [4.78, 5) is 27.6. The van der Waals surface area contributed by atoms with E-state index < -0.39 is 21.6 Å². The lowest BCUT2D eigenvalue weighted by Crippen LogP contribution is -2.50. The van der Waals surface area contributed by atoms with E-state index in [0.29, 0.717) is 36.6 Å². The second-order valence-corrected chi connectivity index (χ2v) is 10.5. The first kappa shape index (κ1) is 22.2. The predicted molar refractivity (Wildman–Crippen MR) is 110 cm³/mol. The Bertz CT molecular complexity index is 784. The van der Waals surface area contributed by atoms with E-state index in [0.717, 1.165) is 19.5 Å². The quantitative estimate of drug-likeness (QED) is 0.503. The molecule has 0 aromatic carbocycles.